The van der Waals surface area contributed by atoms with Gasteiger partial charge in [0.2, 0.25) is 0 Å². The third kappa shape index (κ3) is 4.46. The third-order valence-corrected chi connectivity index (χ3v) is 1.37. The van der Waals surface area contributed by atoms with E-state index >= 15 is 0 Å². The zero-order valence-electron chi connectivity index (χ0n) is 7.32. The number of hydrogen-bond donors (Lipinski definition) is 2. The Hall–Kier alpha value is -0.420. The molecule has 0 aromatic heterocycles. The fourth-order valence-corrected chi connectivity index (χ4v) is 0.710. The molecule has 0 saturated carbocycles. The van der Waals surface area contributed by atoms with Gasteiger partial charge in [-0.3, -0.25) is 0 Å². The Labute approximate surface area is 72.4 Å². The van der Waals surface area contributed by atoms with E-state index in [1.807, 2.05) is 0 Å². The maximum atomic E-state index is 9.45. The van der Waals surface area contributed by atoms with Crippen LogP contribution in [0.2, 0.25) is 0 Å². The van der Waals surface area contributed by atoms with E-state index in [0.717, 1.165) is 0 Å². The molecule has 0 aromatic rings. The van der Waals surface area contributed by atoms with Crippen molar-refractivity contribution in [3.8, 4) is 0 Å². The molecule has 0 amide bonds. The minimum atomic E-state index is -1.50. The highest BCUT2D eigenvalue weighted by Gasteiger charge is 2.24. The van der Waals surface area contributed by atoms with Gasteiger partial charge in [0, 0.05) is 13.5 Å². The van der Waals surface area contributed by atoms with Gasteiger partial charge in [0.05, 0.1) is 19.8 Å². The zero-order chi connectivity index (χ0) is 9.45. The third-order valence-electron chi connectivity index (χ3n) is 1.37. The van der Waals surface area contributed by atoms with Crippen molar-refractivity contribution < 1.29 is 19.7 Å². The molecule has 12 heavy (non-hydrogen) atoms. The molecule has 0 heterocycles. The molecule has 1 unspecified atom stereocenters. The quantitative estimate of drug-likeness (QED) is 0.323. The average molecular weight is 176 g/mol. The average Bonchev–Trinajstić information content (AvgIpc) is 2.06. The van der Waals surface area contributed by atoms with Gasteiger partial charge in [0.1, 0.15) is 0 Å². The van der Waals surface area contributed by atoms with Crippen LogP contribution in [-0.4, -0.2) is 42.9 Å². The van der Waals surface area contributed by atoms with Gasteiger partial charge in [-0.05, 0) is 0 Å². The fourth-order valence-electron chi connectivity index (χ4n) is 0.710. The first-order valence-corrected chi connectivity index (χ1v) is 3.75. The minimum Gasteiger partial charge on any atom is -0.391 e. The van der Waals surface area contributed by atoms with Crippen LogP contribution in [0, 0.1) is 0 Å². The lowest BCUT2D eigenvalue weighted by atomic mass is 10.2. The maximum absolute atomic E-state index is 9.45. The molecule has 1 atom stereocenters. The van der Waals surface area contributed by atoms with E-state index in [-0.39, 0.29) is 13.0 Å². The number of hydrogen-bond acceptors (Lipinski definition) is 4. The van der Waals surface area contributed by atoms with Crippen LogP contribution < -0.4 is 0 Å². The number of rotatable bonds is 7. The zero-order valence-corrected chi connectivity index (χ0v) is 7.32. The molecule has 4 nitrogen and oxygen atoms in total. The number of aliphatic hydroxyl groups is 2. The van der Waals surface area contributed by atoms with E-state index < -0.39 is 12.4 Å². The second-order valence-electron chi connectivity index (χ2n) is 2.44. The smallest absolute Gasteiger partial charge is 0.192 e. The van der Waals surface area contributed by atoms with E-state index in [1.165, 1.54) is 13.2 Å². The second-order valence-corrected chi connectivity index (χ2v) is 2.44. The first-order chi connectivity index (χ1) is 5.68. The molecule has 0 spiro atoms. The Kier molecular flexibility index (Phi) is 5.92. The van der Waals surface area contributed by atoms with Crippen LogP contribution in [0.25, 0.3) is 0 Å². The van der Waals surface area contributed by atoms with E-state index in [2.05, 4.69) is 6.58 Å². The molecule has 0 aromatic carbocycles. The lowest BCUT2D eigenvalue weighted by molar-refractivity contribution is -0.225. The summed E-state index contributed by atoms with van der Waals surface area (Å²) in [5, 5.41) is 18.2. The predicted octanol–water partition coefficient (Wildman–Crippen LogP) is -0.0936. The molecule has 0 rings (SSSR count). The van der Waals surface area contributed by atoms with Crippen molar-refractivity contribution in [1.82, 2.24) is 0 Å². The molecule has 0 fully saturated rings. The second kappa shape index (κ2) is 6.14. The van der Waals surface area contributed by atoms with Crippen molar-refractivity contribution in [3.05, 3.63) is 12.7 Å². The molecule has 2 N–H and O–H groups in total. The number of methoxy groups -OCH3 is 1. The Morgan fingerprint density at radius 2 is 2.17 bits per heavy atom. The largest absolute Gasteiger partial charge is 0.391 e. The first kappa shape index (κ1) is 11.6. The normalized spacial score (nSPS) is 15.6. The summed E-state index contributed by atoms with van der Waals surface area (Å²) in [6.07, 6.45) is 1.69. The van der Waals surface area contributed by atoms with Crippen molar-refractivity contribution in [2.75, 3.05) is 26.9 Å². The Balaban J connectivity index is 3.70. The maximum Gasteiger partial charge on any atom is 0.192 e. The minimum absolute atomic E-state index is 0.202. The van der Waals surface area contributed by atoms with Crippen LogP contribution in [-0.2, 0) is 9.47 Å². The highest BCUT2D eigenvalue weighted by Crippen LogP contribution is 2.11. The van der Waals surface area contributed by atoms with Crippen LogP contribution in [0.4, 0.5) is 0 Å². The molecule has 0 aliphatic carbocycles. The monoisotopic (exact) mass is 176 g/mol. The van der Waals surface area contributed by atoms with Crippen LogP contribution in [0.1, 0.15) is 6.42 Å². The summed E-state index contributed by atoms with van der Waals surface area (Å²) < 4.78 is 9.69. The molecule has 0 aliphatic rings. The summed E-state index contributed by atoms with van der Waals surface area (Å²) in [6.45, 7) is 3.64. The van der Waals surface area contributed by atoms with Crippen molar-refractivity contribution >= 4 is 0 Å². The van der Waals surface area contributed by atoms with Crippen LogP contribution in [0.3, 0.4) is 0 Å². The van der Waals surface area contributed by atoms with Crippen LogP contribution in [0.5, 0.6) is 0 Å². The Bertz CT molecular complexity index is 126. The molecule has 0 saturated heterocycles. The van der Waals surface area contributed by atoms with E-state index in [4.69, 9.17) is 14.6 Å². The molecule has 4 heteroatoms. The molecule has 0 aliphatic heterocycles. The highest BCUT2D eigenvalue weighted by molar-refractivity contribution is 4.78. The van der Waals surface area contributed by atoms with Crippen molar-refractivity contribution in [2.24, 2.45) is 0 Å². The van der Waals surface area contributed by atoms with Gasteiger partial charge >= 0.3 is 0 Å². The van der Waals surface area contributed by atoms with Gasteiger partial charge in [-0.2, -0.15) is 0 Å². The molecule has 0 bridgehead atoms. The molecular formula is C8H16O4. The van der Waals surface area contributed by atoms with Gasteiger partial charge in [0.15, 0.2) is 5.79 Å². The summed E-state index contributed by atoms with van der Waals surface area (Å²) in [4.78, 5) is 0. The van der Waals surface area contributed by atoms with Crippen molar-refractivity contribution in [2.45, 2.75) is 12.2 Å². The van der Waals surface area contributed by atoms with E-state index in [1.54, 1.807) is 0 Å². The molecular weight excluding hydrogens is 160 g/mol. The van der Waals surface area contributed by atoms with Crippen LogP contribution in [0.15, 0.2) is 12.7 Å². The number of ether oxygens (including phenoxy) is 2. The Morgan fingerprint density at radius 1 is 1.50 bits per heavy atom. The van der Waals surface area contributed by atoms with Gasteiger partial charge < -0.3 is 19.7 Å². The standard InChI is InChI=1S/C8H16O4/c1-3-4-8(10,7-9)12-6-5-11-2/h3,9-10H,1,4-7H2,2H3. The SMILES string of the molecule is C=CCC(O)(CO)OCCOC. The van der Waals surface area contributed by atoms with E-state index in [9.17, 15) is 5.11 Å². The Morgan fingerprint density at radius 3 is 2.58 bits per heavy atom. The predicted molar refractivity (Wildman–Crippen MR) is 44.7 cm³/mol. The summed E-state index contributed by atoms with van der Waals surface area (Å²) in [7, 11) is 1.54. The van der Waals surface area contributed by atoms with Crippen molar-refractivity contribution in [3.63, 3.8) is 0 Å². The lowest BCUT2D eigenvalue weighted by Crippen LogP contribution is -2.37. The summed E-state index contributed by atoms with van der Waals surface area (Å²) >= 11 is 0. The summed E-state index contributed by atoms with van der Waals surface area (Å²) in [6, 6.07) is 0. The van der Waals surface area contributed by atoms with E-state index in [0.29, 0.717) is 6.61 Å². The van der Waals surface area contributed by atoms with Crippen molar-refractivity contribution in [1.29, 1.82) is 0 Å². The number of aliphatic hydroxyl groups excluding tert-OH is 1. The van der Waals surface area contributed by atoms with Gasteiger partial charge in [-0.15, -0.1) is 6.58 Å². The van der Waals surface area contributed by atoms with Gasteiger partial charge in [-0.25, -0.2) is 0 Å². The summed E-state index contributed by atoms with van der Waals surface area (Å²) in [5.74, 6) is -1.50. The molecule has 0 radical (unpaired) electrons. The van der Waals surface area contributed by atoms with Crippen LogP contribution >= 0.6 is 0 Å². The fraction of sp³-hybridized carbons (Fsp3) is 0.750. The summed E-state index contributed by atoms with van der Waals surface area (Å²) in [5.41, 5.74) is 0. The van der Waals surface area contributed by atoms with Gasteiger partial charge in [-0.1, -0.05) is 6.08 Å². The lowest BCUT2D eigenvalue weighted by Gasteiger charge is -2.24. The molecule has 72 valence electrons. The highest BCUT2D eigenvalue weighted by atomic mass is 16.6. The van der Waals surface area contributed by atoms with Gasteiger partial charge in [0.25, 0.3) is 0 Å². The first-order valence-electron chi connectivity index (χ1n) is 3.75. The topological polar surface area (TPSA) is 58.9 Å².